The van der Waals surface area contributed by atoms with Crippen LogP contribution < -0.4 is 16.2 Å². The first-order valence-electron chi connectivity index (χ1n) is 4.14. The molecule has 1 aliphatic rings. The molecule has 1 aromatic heterocycles. The summed E-state index contributed by atoms with van der Waals surface area (Å²) in [6.45, 7) is 0.182. The highest BCUT2D eigenvalue weighted by molar-refractivity contribution is 6.34. The Kier molecular flexibility index (Phi) is 2.15. The molecule has 0 atom stereocenters. The monoisotopic (exact) mass is 231 g/mol. The van der Waals surface area contributed by atoms with Crippen LogP contribution in [0.2, 0.25) is 5.02 Å². The number of rotatable bonds is 0. The number of hydrogen-bond donors (Lipinski definition) is 2. The molecule has 2 heterocycles. The molecule has 5 nitrogen and oxygen atoms in total. The average Bonchev–Trinajstić information content (AvgIpc) is 2.23. The number of anilines is 1. The number of halogens is 2. The van der Waals surface area contributed by atoms with Crippen LogP contribution in [0.15, 0.2) is 4.79 Å². The molecule has 0 radical (unpaired) electrons. The molecule has 0 unspecified atom stereocenters. The molecule has 15 heavy (non-hydrogen) atoms. The van der Waals surface area contributed by atoms with Crippen molar-refractivity contribution < 1.29 is 9.18 Å². The number of nitrogens with one attached hydrogen (secondary N) is 2. The zero-order valence-electron chi connectivity index (χ0n) is 7.73. The lowest BCUT2D eigenvalue weighted by Gasteiger charge is -2.21. The van der Waals surface area contributed by atoms with E-state index < -0.39 is 22.3 Å². The molecule has 0 saturated carbocycles. The summed E-state index contributed by atoms with van der Waals surface area (Å²) in [4.78, 5) is 22.7. The standard InChI is InChI=1S/C8H7ClFN3O2/c1-13-6-3(7(14)12-2-11-6)4(9)5(10)8(13)15/h11H,2H2,1H3,(H,12,14). The van der Waals surface area contributed by atoms with Crippen LogP contribution >= 0.6 is 11.6 Å². The second-order valence-corrected chi connectivity index (χ2v) is 3.45. The van der Waals surface area contributed by atoms with Crippen molar-refractivity contribution in [1.82, 2.24) is 9.88 Å². The van der Waals surface area contributed by atoms with Gasteiger partial charge in [0.15, 0.2) is 0 Å². The minimum Gasteiger partial charge on any atom is -0.353 e. The maximum absolute atomic E-state index is 13.3. The third-order valence-electron chi connectivity index (χ3n) is 2.21. The summed E-state index contributed by atoms with van der Waals surface area (Å²) < 4.78 is 14.3. The van der Waals surface area contributed by atoms with Crippen molar-refractivity contribution in [1.29, 1.82) is 0 Å². The summed E-state index contributed by atoms with van der Waals surface area (Å²) in [5, 5.41) is 4.74. The second kappa shape index (κ2) is 3.23. The van der Waals surface area contributed by atoms with Crippen LogP contribution in [0.3, 0.4) is 0 Å². The highest BCUT2D eigenvalue weighted by Gasteiger charge is 2.26. The highest BCUT2D eigenvalue weighted by Crippen LogP contribution is 2.25. The van der Waals surface area contributed by atoms with Gasteiger partial charge < -0.3 is 10.6 Å². The predicted octanol–water partition coefficient (Wildman–Crippen LogP) is 0.291. The maximum Gasteiger partial charge on any atom is 0.289 e. The van der Waals surface area contributed by atoms with E-state index in [4.69, 9.17) is 11.6 Å². The van der Waals surface area contributed by atoms with Crippen molar-refractivity contribution >= 4 is 23.3 Å². The number of hydrogen-bond acceptors (Lipinski definition) is 3. The normalized spacial score (nSPS) is 14.2. The van der Waals surface area contributed by atoms with Gasteiger partial charge in [0.25, 0.3) is 11.5 Å². The summed E-state index contributed by atoms with van der Waals surface area (Å²) >= 11 is 5.59. The maximum atomic E-state index is 13.3. The number of carbonyl (C=O) groups is 1. The first kappa shape index (κ1) is 9.97. The summed E-state index contributed by atoms with van der Waals surface area (Å²) in [5.41, 5.74) is -0.900. The van der Waals surface area contributed by atoms with Gasteiger partial charge in [0, 0.05) is 7.05 Å². The number of aromatic nitrogens is 1. The van der Waals surface area contributed by atoms with Gasteiger partial charge >= 0.3 is 0 Å². The lowest BCUT2D eigenvalue weighted by molar-refractivity contribution is 0.0951. The fourth-order valence-electron chi connectivity index (χ4n) is 1.43. The fraction of sp³-hybridized carbons (Fsp3) is 0.250. The number of nitrogens with zero attached hydrogens (tertiary/aromatic N) is 1. The topological polar surface area (TPSA) is 63.1 Å². The van der Waals surface area contributed by atoms with Crippen molar-refractivity contribution in [3.63, 3.8) is 0 Å². The Labute approximate surface area is 88.8 Å². The van der Waals surface area contributed by atoms with Crippen LogP contribution in [0.25, 0.3) is 0 Å². The van der Waals surface area contributed by atoms with Crippen LogP contribution in [0, 0.1) is 5.82 Å². The average molecular weight is 232 g/mol. The molecule has 80 valence electrons. The SMILES string of the molecule is Cn1c2c(c(Cl)c(F)c1=O)C(=O)NCN2. The number of pyridine rings is 1. The molecule has 1 aliphatic heterocycles. The van der Waals surface area contributed by atoms with Crippen LogP contribution in [0.1, 0.15) is 10.4 Å². The molecule has 0 bridgehead atoms. The Hall–Kier alpha value is -1.56. The largest absolute Gasteiger partial charge is 0.353 e. The Morgan fingerprint density at radius 1 is 1.40 bits per heavy atom. The van der Waals surface area contributed by atoms with E-state index in [1.165, 1.54) is 7.05 Å². The summed E-state index contributed by atoms with van der Waals surface area (Å²) in [5.74, 6) is -1.38. The molecule has 0 aromatic carbocycles. The van der Waals surface area contributed by atoms with Gasteiger partial charge in [0.2, 0.25) is 5.82 Å². The van der Waals surface area contributed by atoms with Gasteiger partial charge in [-0.3, -0.25) is 14.2 Å². The summed E-state index contributed by atoms with van der Waals surface area (Å²) in [7, 11) is 1.37. The van der Waals surface area contributed by atoms with Gasteiger partial charge in [-0.05, 0) is 0 Å². The quantitative estimate of drug-likeness (QED) is 0.675. The molecule has 2 rings (SSSR count). The van der Waals surface area contributed by atoms with Crippen LogP contribution in [-0.4, -0.2) is 17.1 Å². The predicted molar refractivity (Wildman–Crippen MR) is 52.6 cm³/mol. The van der Waals surface area contributed by atoms with E-state index in [1.54, 1.807) is 0 Å². The van der Waals surface area contributed by atoms with Crippen molar-refractivity contribution in [2.75, 3.05) is 12.0 Å². The van der Waals surface area contributed by atoms with Crippen molar-refractivity contribution in [2.24, 2.45) is 7.05 Å². The second-order valence-electron chi connectivity index (χ2n) is 3.08. The van der Waals surface area contributed by atoms with Crippen molar-refractivity contribution in [3.8, 4) is 0 Å². The minimum absolute atomic E-state index is 0.0393. The molecule has 2 N–H and O–H groups in total. The Balaban J connectivity index is 2.86. The Morgan fingerprint density at radius 3 is 2.73 bits per heavy atom. The molecule has 1 amide bonds. The van der Waals surface area contributed by atoms with Crippen molar-refractivity contribution in [2.45, 2.75) is 0 Å². The molecule has 0 aliphatic carbocycles. The van der Waals surface area contributed by atoms with Crippen LogP contribution in [-0.2, 0) is 7.05 Å². The number of fused-ring (bicyclic) bond motifs is 1. The lowest BCUT2D eigenvalue weighted by atomic mass is 10.2. The molecule has 0 saturated heterocycles. The van der Waals surface area contributed by atoms with E-state index in [0.717, 1.165) is 4.57 Å². The van der Waals surface area contributed by atoms with Gasteiger partial charge in [0.1, 0.15) is 11.4 Å². The summed E-state index contributed by atoms with van der Waals surface area (Å²) in [6.07, 6.45) is 0. The van der Waals surface area contributed by atoms with Crippen molar-refractivity contribution in [3.05, 3.63) is 26.8 Å². The molecule has 0 spiro atoms. The zero-order chi connectivity index (χ0) is 11.2. The molecular weight excluding hydrogens is 225 g/mol. The summed E-state index contributed by atoms with van der Waals surface area (Å²) in [6, 6.07) is 0. The van der Waals surface area contributed by atoms with E-state index in [9.17, 15) is 14.0 Å². The van der Waals surface area contributed by atoms with Gasteiger partial charge in [-0.15, -0.1) is 0 Å². The Morgan fingerprint density at radius 2 is 2.07 bits per heavy atom. The van der Waals surface area contributed by atoms with E-state index in [0.29, 0.717) is 0 Å². The third-order valence-corrected chi connectivity index (χ3v) is 2.56. The van der Waals surface area contributed by atoms with Gasteiger partial charge in [-0.2, -0.15) is 4.39 Å². The van der Waals surface area contributed by atoms with E-state index in [-0.39, 0.29) is 18.1 Å². The first-order chi connectivity index (χ1) is 7.04. The lowest BCUT2D eigenvalue weighted by Crippen LogP contribution is -2.39. The number of carbonyl (C=O) groups excluding carboxylic acids is 1. The third kappa shape index (κ3) is 1.29. The van der Waals surface area contributed by atoms with E-state index in [1.807, 2.05) is 0 Å². The first-order valence-corrected chi connectivity index (χ1v) is 4.52. The fourth-order valence-corrected chi connectivity index (χ4v) is 1.69. The zero-order valence-corrected chi connectivity index (χ0v) is 8.48. The number of amides is 1. The van der Waals surface area contributed by atoms with Gasteiger partial charge in [0.05, 0.1) is 11.7 Å². The van der Waals surface area contributed by atoms with Crippen LogP contribution in [0.5, 0.6) is 0 Å². The van der Waals surface area contributed by atoms with E-state index in [2.05, 4.69) is 10.6 Å². The van der Waals surface area contributed by atoms with E-state index >= 15 is 0 Å². The molecule has 7 heteroatoms. The molecular formula is C8H7ClFN3O2. The minimum atomic E-state index is -1.11. The Bertz CT molecular complexity index is 512. The molecule has 1 aromatic rings. The van der Waals surface area contributed by atoms with Gasteiger partial charge in [-0.25, -0.2) is 0 Å². The van der Waals surface area contributed by atoms with Crippen LogP contribution in [0.4, 0.5) is 10.2 Å². The smallest absolute Gasteiger partial charge is 0.289 e. The highest BCUT2D eigenvalue weighted by atomic mass is 35.5. The molecule has 0 fully saturated rings. The van der Waals surface area contributed by atoms with Gasteiger partial charge in [-0.1, -0.05) is 11.6 Å².